The topological polar surface area (TPSA) is 477 Å². The Labute approximate surface area is 565 Å². The number of carboxylic acid groups (broad SMARTS) is 1. The van der Waals surface area contributed by atoms with E-state index in [-0.39, 0.29) is 181 Å². The number of ketones is 1. The molecule has 15 atom stereocenters. The van der Waals surface area contributed by atoms with Gasteiger partial charge in [0.1, 0.15) is 48.4 Å². The molecule has 4 aliphatic rings. The molecule has 448 valence electrons. The fourth-order valence-electron chi connectivity index (χ4n) is 9.95. The fraction of sp³-hybridized carbons (Fsp3) is 0.841. The van der Waals surface area contributed by atoms with Gasteiger partial charge in [0.15, 0.2) is 18.3 Å². The number of Topliss-reactive ketones (excluding diaryl/α,β-unsaturated/α-hetero) is 1. The molecule has 5 rings (SSSR count). The maximum Gasteiger partial charge on any atom is 1.00 e. The van der Waals surface area contributed by atoms with Gasteiger partial charge < -0.3 is 85.8 Å². The average molecular weight is 1270 g/mol. The standard InChI is InChI=1S/C44H72N5O23S2.4Na.O3S/c1-5-26-16-27(29(52)13-10-14-45-40(57)28-18-49(48-47-28)20-44(6-2,21-66-73(60,61)62)22-67-74(63,64)65)17-30(38(26)72-43-37(56)36(55)34(53)23(3)68-43)70-42-33(46-24(4)51)39(35(54)32(19-50)71-42)69-31(41(58)59)15-25-11-8-7-9-12-25;;;;;1-4(2)3/h18,23,25-27,30-39,42-43,50,53-56H,2,5-17,19-22H2,1,3-4H3,(H,45,57)(H,46,51)(H,58,59)(H,60,61,62)(H,63,64,65);;;;;/q-1;4*+1;/p-3/t23?,26?,27?,30-,31+,32+,33?,34-,35+,36+,37?,38-,39?,42-,43+;;;;;/m1...../s1. The number of amides is 2. The van der Waals surface area contributed by atoms with Crippen LogP contribution in [0.15, 0.2) is 6.20 Å². The molecule has 6 unspecified atom stereocenters. The third-order valence-corrected chi connectivity index (χ3v) is 14.9. The summed E-state index contributed by atoms with van der Waals surface area (Å²) in [6.45, 7) is 4.73. The fourth-order valence-corrected chi connectivity index (χ4v) is 10.7. The van der Waals surface area contributed by atoms with Crippen molar-refractivity contribution in [3.05, 3.63) is 18.8 Å². The van der Waals surface area contributed by atoms with Crippen molar-refractivity contribution in [2.24, 2.45) is 23.2 Å². The monoisotopic (exact) mass is 1270 g/mol. The number of carboxylic acids is 1. The van der Waals surface area contributed by atoms with Crippen molar-refractivity contribution in [2.45, 2.75) is 184 Å². The molecule has 7 N–H and O–H groups in total. The molecule has 38 heteroatoms. The molecule has 2 aliphatic heterocycles. The summed E-state index contributed by atoms with van der Waals surface area (Å²) in [6, 6.07) is -1.42. The molecule has 2 amide bonds. The first-order valence-electron chi connectivity index (χ1n) is 25.1. The number of hydrogen-bond donors (Lipinski definition) is 7. The van der Waals surface area contributed by atoms with Crippen LogP contribution in [-0.2, 0) is 84.4 Å². The zero-order valence-corrected chi connectivity index (χ0v) is 57.4. The Hall–Kier alpha value is 0.180. The number of nitrogens with one attached hydrogen (secondary N) is 2. The Morgan fingerprint density at radius 1 is 0.890 bits per heavy atom. The van der Waals surface area contributed by atoms with Crippen LogP contribution in [0.5, 0.6) is 0 Å². The van der Waals surface area contributed by atoms with Crippen LogP contribution in [0.1, 0.15) is 108 Å². The van der Waals surface area contributed by atoms with Gasteiger partial charge in [0.2, 0.25) is 26.7 Å². The molecule has 0 bridgehead atoms. The van der Waals surface area contributed by atoms with Crippen LogP contribution < -0.4 is 134 Å². The van der Waals surface area contributed by atoms with Crippen molar-refractivity contribution in [3.8, 4) is 0 Å². The molecule has 0 spiro atoms. The number of carbonyl (C=O) groups is 4. The number of aliphatic carboxylic acids is 1. The number of hydrogen-bond acceptors (Lipinski definition) is 28. The minimum Gasteiger partial charge on any atom is -0.726 e. The molecule has 1 aromatic heterocycles. The summed E-state index contributed by atoms with van der Waals surface area (Å²) < 4.78 is 133. The number of nitrogens with zero attached hydrogens (tertiary/aromatic N) is 3. The van der Waals surface area contributed by atoms with Crippen LogP contribution in [0.3, 0.4) is 0 Å². The van der Waals surface area contributed by atoms with E-state index in [0.29, 0.717) is 6.42 Å². The first-order valence-corrected chi connectivity index (χ1v) is 28.7. The first-order chi connectivity index (χ1) is 36.5. The summed E-state index contributed by atoms with van der Waals surface area (Å²) in [6.07, 6.45) is -11.9. The summed E-state index contributed by atoms with van der Waals surface area (Å²) >= 11 is 0. The van der Waals surface area contributed by atoms with Gasteiger partial charge in [-0.05, 0) is 44.4 Å². The molecule has 82 heavy (non-hydrogen) atoms. The van der Waals surface area contributed by atoms with Crippen molar-refractivity contribution in [1.29, 1.82) is 0 Å². The normalized spacial score (nSPS) is 29.1. The number of rotatable bonds is 27. The van der Waals surface area contributed by atoms with E-state index >= 15 is 0 Å². The third kappa shape index (κ3) is 26.3. The van der Waals surface area contributed by atoms with Crippen molar-refractivity contribution in [2.75, 3.05) is 26.4 Å². The summed E-state index contributed by atoms with van der Waals surface area (Å²) in [5, 5.41) is 79.3. The summed E-state index contributed by atoms with van der Waals surface area (Å²) in [5.41, 5.74) is -2.00. The van der Waals surface area contributed by atoms with Crippen LogP contribution >= 0.6 is 0 Å². The van der Waals surface area contributed by atoms with Crippen LogP contribution in [0.2, 0.25) is 0 Å². The van der Waals surface area contributed by atoms with Crippen LogP contribution in [0.4, 0.5) is 0 Å². The minimum absolute atomic E-state index is 0. The van der Waals surface area contributed by atoms with E-state index in [2.05, 4.69) is 36.2 Å². The smallest absolute Gasteiger partial charge is 0.726 e. The second-order valence-corrected chi connectivity index (χ2v) is 22.3. The Morgan fingerprint density at radius 3 is 2.01 bits per heavy atom. The van der Waals surface area contributed by atoms with Gasteiger partial charge in [0.05, 0.1) is 62.9 Å². The largest absolute Gasteiger partial charge is 1.00 e. The van der Waals surface area contributed by atoms with Crippen molar-refractivity contribution in [1.82, 2.24) is 25.6 Å². The number of ether oxygens (including phenoxy) is 5. The zero-order chi connectivity index (χ0) is 58.3. The zero-order valence-electron chi connectivity index (χ0n) is 46.9. The van der Waals surface area contributed by atoms with E-state index in [4.69, 9.17) is 36.3 Å². The summed E-state index contributed by atoms with van der Waals surface area (Å²) in [4.78, 5) is 52.5. The Morgan fingerprint density at radius 2 is 1.49 bits per heavy atom. The van der Waals surface area contributed by atoms with Gasteiger partial charge in [-0.25, -0.2) is 16.8 Å². The maximum atomic E-state index is 14.1. The SMILES string of the molecule is O=S(=O)=O.[CH2-]CC(COS(=O)(=O)[O-])(COS(=O)(=O)[O-])Cn1cc(C(=O)NCCCC(=O)C2CC(CC)[C@@H](O[C@@H]3OC(C)[C@@H](O)[C@H](O)C3O)[C@H](O[C@@H]3O[C@@H](CO)[C@H](O)C(O[C@@H](CC4CCCCC4)C(=O)[O-])C3NC(C)=O)C2)nn1.[Na+].[Na+].[Na+].[Na+]. The van der Waals surface area contributed by atoms with Crippen LogP contribution in [0, 0.1) is 30.1 Å². The Bertz CT molecular complexity index is 2450. The number of carbonyl (C=O) groups excluding carboxylic acids is 4. The van der Waals surface area contributed by atoms with E-state index in [0.717, 1.165) is 49.9 Å². The molecular weight excluding hydrogens is 1200 g/mol. The van der Waals surface area contributed by atoms with E-state index in [9.17, 15) is 75.8 Å². The molecule has 1 aromatic rings. The molecule has 4 fully saturated rings. The van der Waals surface area contributed by atoms with Gasteiger partial charge in [0.25, 0.3) is 5.91 Å². The molecule has 0 radical (unpaired) electrons. The Kier molecular flexibility index (Phi) is 38.7. The second-order valence-electron chi connectivity index (χ2n) is 19.8. The van der Waals surface area contributed by atoms with Gasteiger partial charge >= 0.3 is 129 Å². The first kappa shape index (κ1) is 82.2. The molecule has 2 aliphatic carbocycles. The molecule has 31 nitrogen and oxygen atoms in total. The average Bonchev–Trinajstić information content (AvgIpc) is 3.84. The van der Waals surface area contributed by atoms with E-state index in [1.54, 1.807) is 6.92 Å². The number of aliphatic hydroxyl groups is 5. The van der Waals surface area contributed by atoms with Crippen molar-refractivity contribution < 1.29 is 239 Å². The van der Waals surface area contributed by atoms with Gasteiger partial charge in [-0.15, -0.1) is 17.7 Å². The minimum atomic E-state index is -5.29. The van der Waals surface area contributed by atoms with Gasteiger partial charge in [-0.3, -0.25) is 27.4 Å². The van der Waals surface area contributed by atoms with E-state index < -0.39 is 172 Å². The number of aromatic nitrogens is 3. The van der Waals surface area contributed by atoms with E-state index in [1.807, 2.05) is 0 Å². The summed E-state index contributed by atoms with van der Waals surface area (Å²) in [5.74, 6) is -4.57. The molecule has 2 saturated carbocycles. The second kappa shape index (κ2) is 38.7. The van der Waals surface area contributed by atoms with Gasteiger partial charge in [-0.1, -0.05) is 50.7 Å². The third-order valence-electron chi connectivity index (χ3n) is 14.1. The molecular formula is C44H69N5Na4O26S3. The quantitative estimate of drug-likeness (QED) is 0.0141. The van der Waals surface area contributed by atoms with Crippen LogP contribution in [-0.4, -0.2) is 209 Å². The summed E-state index contributed by atoms with van der Waals surface area (Å²) in [7, 11) is -13.7. The van der Waals surface area contributed by atoms with Crippen LogP contribution in [0.25, 0.3) is 0 Å². The molecule has 3 heterocycles. The molecule has 0 aromatic carbocycles. The van der Waals surface area contributed by atoms with Gasteiger partial charge in [-0.2, -0.15) is 6.42 Å². The van der Waals surface area contributed by atoms with E-state index in [1.165, 1.54) is 6.92 Å². The molecule has 2 saturated heterocycles. The van der Waals surface area contributed by atoms with Crippen molar-refractivity contribution in [3.63, 3.8) is 0 Å². The number of aliphatic hydroxyl groups excluding tert-OH is 5. The van der Waals surface area contributed by atoms with Gasteiger partial charge in [0, 0.05) is 31.2 Å². The van der Waals surface area contributed by atoms with Crippen molar-refractivity contribution >= 4 is 55.0 Å². The predicted octanol–water partition coefficient (Wildman–Crippen LogP) is -16.4. The predicted molar refractivity (Wildman–Crippen MR) is 253 cm³/mol. The Balaban J connectivity index is 0.00000793. The maximum absolute atomic E-state index is 14.1.